The smallest absolute Gasteiger partial charge is 0.340 e. The van der Waals surface area contributed by atoms with Crippen molar-refractivity contribution in [2.45, 2.75) is 52.6 Å². The summed E-state index contributed by atoms with van der Waals surface area (Å²) < 4.78 is 7.12. The van der Waals surface area contributed by atoms with Crippen molar-refractivity contribution in [3.8, 4) is 0 Å². The maximum atomic E-state index is 12.5. The number of ether oxygens (including phenoxy) is 1. The maximum absolute atomic E-state index is 12.5. The summed E-state index contributed by atoms with van der Waals surface area (Å²) in [5, 5.41) is 8.94. The molecule has 3 rings (SSSR count). The van der Waals surface area contributed by atoms with Gasteiger partial charge in [0.25, 0.3) is 5.91 Å². The average molecular weight is 361 g/mol. The summed E-state index contributed by atoms with van der Waals surface area (Å²) in [5.41, 5.74) is 3.99. The van der Waals surface area contributed by atoms with Crippen LogP contribution in [0.5, 0.6) is 0 Å². The van der Waals surface area contributed by atoms with Gasteiger partial charge in [-0.25, -0.2) is 4.79 Å². The minimum Gasteiger partial charge on any atom is -0.449 e. The van der Waals surface area contributed by atoms with Crippen LogP contribution in [-0.4, -0.2) is 27.8 Å². The Morgan fingerprint density at radius 2 is 2.04 bits per heavy atom. The van der Waals surface area contributed by atoms with Crippen LogP contribution in [0.1, 0.15) is 52.0 Å². The molecule has 6 nitrogen and oxygen atoms in total. The number of fused-ring (bicyclic) bond motifs is 1. The van der Waals surface area contributed by atoms with Crippen molar-refractivity contribution in [3.05, 3.63) is 32.8 Å². The third-order valence-corrected chi connectivity index (χ3v) is 5.78. The lowest BCUT2D eigenvalue weighted by molar-refractivity contribution is -0.123. The number of esters is 1. The van der Waals surface area contributed by atoms with Crippen molar-refractivity contribution >= 4 is 28.9 Å². The highest BCUT2D eigenvalue weighted by molar-refractivity contribution is 7.10. The van der Waals surface area contributed by atoms with Gasteiger partial charge in [0.15, 0.2) is 6.10 Å². The van der Waals surface area contributed by atoms with Crippen molar-refractivity contribution in [2.24, 2.45) is 7.05 Å². The first-order valence-corrected chi connectivity index (χ1v) is 9.37. The van der Waals surface area contributed by atoms with Gasteiger partial charge < -0.3 is 10.1 Å². The van der Waals surface area contributed by atoms with Crippen molar-refractivity contribution in [1.29, 1.82) is 0 Å². The van der Waals surface area contributed by atoms with Crippen molar-refractivity contribution in [1.82, 2.24) is 9.78 Å². The molecule has 0 bridgehead atoms. The number of nitrogens with one attached hydrogen (secondary N) is 1. The molecule has 1 atom stereocenters. The number of carbonyl (C=O) groups is 2. The summed E-state index contributed by atoms with van der Waals surface area (Å²) in [5.74, 6) is -0.765. The zero-order valence-corrected chi connectivity index (χ0v) is 15.8. The summed E-state index contributed by atoms with van der Waals surface area (Å²) in [6, 6.07) is 0. The van der Waals surface area contributed by atoms with Crippen molar-refractivity contribution in [3.63, 3.8) is 0 Å². The molecule has 1 N–H and O–H groups in total. The third-order valence-electron chi connectivity index (χ3n) is 4.69. The van der Waals surface area contributed by atoms with Crippen LogP contribution in [0.2, 0.25) is 0 Å². The first kappa shape index (κ1) is 17.7. The summed E-state index contributed by atoms with van der Waals surface area (Å²) in [7, 11) is 1.82. The standard InChI is InChI=1S/C18H23N3O3S/c1-10-16(11(2)21(4)20-10)19-17(22)12(3)24-18(23)14-9-25-15-8-6-5-7-13(14)15/h9,12H,5-8H2,1-4H3,(H,19,22)/t12-/m1/s1. The van der Waals surface area contributed by atoms with Gasteiger partial charge in [-0.15, -0.1) is 11.3 Å². The van der Waals surface area contributed by atoms with E-state index in [1.54, 1.807) is 22.9 Å². The Hall–Kier alpha value is -2.15. The monoisotopic (exact) mass is 361 g/mol. The zero-order chi connectivity index (χ0) is 18.1. The second kappa shape index (κ2) is 7.00. The van der Waals surface area contributed by atoms with Crippen LogP contribution in [0, 0.1) is 13.8 Å². The van der Waals surface area contributed by atoms with Crippen molar-refractivity contribution < 1.29 is 14.3 Å². The fraction of sp³-hybridized carbons (Fsp3) is 0.500. The van der Waals surface area contributed by atoms with Gasteiger partial charge in [-0.05, 0) is 52.0 Å². The highest BCUT2D eigenvalue weighted by atomic mass is 32.1. The van der Waals surface area contributed by atoms with Crippen molar-refractivity contribution in [2.75, 3.05) is 5.32 Å². The fourth-order valence-corrected chi connectivity index (χ4v) is 4.24. The Kier molecular flexibility index (Phi) is 4.94. The van der Waals surface area contributed by atoms with E-state index in [-0.39, 0.29) is 5.91 Å². The molecular formula is C18H23N3O3S. The maximum Gasteiger partial charge on any atom is 0.340 e. The SMILES string of the molecule is Cc1nn(C)c(C)c1NC(=O)[C@@H](C)OC(=O)c1csc2c1CCCC2. The molecule has 7 heteroatoms. The molecule has 0 saturated carbocycles. The first-order chi connectivity index (χ1) is 11.9. The van der Waals surface area contributed by atoms with Gasteiger partial charge in [-0.2, -0.15) is 5.10 Å². The molecule has 0 aromatic carbocycles. The Labute approximate surface area is 151 Å². The van der Waals surface area contributed by atoms with E-state index < -0.39 is 12.1 Å². The molecular weight excluding hydrogens is 338 g/mol. The Morgan fingerprint density at radius 3 is 2.72 bits per heavy atom. The average Bonchev–Trinajstić information content (AvgIpc) is 3.11. The van der Waals surface area contributed by atoms with E-state index in [2.05, 4.69) is 10.4 Å². The minimum atomic E-state index is -0.870. The van der Waals surface area contributed by atoms with Crippen LogP contribution >= 0.6 is 11.3 Å². The number of aromatic nitrogens is 2. The predicted molar refractivity (Wildman–Crippen MR) is 97.2 cm³/mol. The van der Waals surface area contributed by atoms with E-state index >= 15 is 0 Å². The van der Waals surface area contributed by atoms with Gasteiger partial charge in [0, 0.05) is 17.3 Å². The van der Waals surface area contributed by atoms with Gasteiger partial charge in [-0.3, -0.25) is 9.48 Å². The van der Waals surface area contributed by atoms with Gasteiger partial charge >= 0.3 is 5.97 Å². The van der Waals surface area contributed by atoms with Crippen LogP contribution in [0.4, 0.5) is 5.69 Å². The van der Waals surface area contributed by atoms with E-state index in [4.69, 9.17) is 4.74 Å². The van der Waals surface area contributed by atoms with Crippen LogP contribution < -0.4 is 5.32 Å². The molecule has 2 heterocycles. The quantitative estimate of drug-likeness (QED) is 0.849. The highest BCUT2D eigenvalue weighted by Crippen LogP contribution is 2.30. The molecule has 0 aliphatic heterocycles. The van der Waals surface area contributed by atoms with Crippen LogP contribution in [0.3, 0.4) is 0 Å². The second-order valence-corrected chi connectivity index (χ2v) is 7.43. The predicted octanol–water partition coefficient (Wildman–Crippen LogP) is 3.16. The fourth-order valence-electron chi connectivity index (χ4n) is 3.12. The normalized spacial score (nSPS) is 14.7. The number of thiophene rings is 1. The van der Waals surface area contributed by atoms with E-state index in [1.807, 2.05) is 26.3 Å². The molecule has 0 spiro atoms. The number of nitrogens with zero attached hydrogens (tertiary/aromatic N) is 2. The van der Waals surface area contributed by atoms with Gasteiger partial charge in [0.2, 0.25) is 0 Å². The summed E-state index contributed by atoms with van der Waals surface area (Å²) in [6.07, 6.45) is 3.34. The molecule has 1 amide bonds. The van der Waals surface area contributed by atoms with Crippen LogP contribution in [0.25, 0.3) is 0 Å². The molecule has 1 aliphatic rings. The molecule has 0 saturated heterocycles. The molecule has 1 aliphatic carbocycles. The summed E-state index contributed by atoms with van der Waals surface area (Å²) >= 11 is 1.61. The van der Waals surface area contributed by atoms with Crippen LogP contribution in [0.15, 0.2) is 5.38 Å². The van der Waals surface area contributed by atoms with Gasteiger partial charge in [-0.1, -0.05) is 0 Å². The zero-order valence-electron chi connectivity index (χ0n) is 15.0. The molecule has 2 aromatic heterocycles. The largest absolute Gasteiger partial charge is 0.449 e. The van der Waals surface area contributed by atoms with E-state index in [0.717, 1.165) is 36.2 Å². The lowest BCUT2D eigenvalue weighted by atomic mass is 9.96. The van der Waals surface area contributed by atoms with E-state index in [9.17, 15) is 9.59 Å². The van der Waals surface area contributed by atoms with Gasteiger partial charge in [0.05, 0.1) is 22.6 Å². The first-order valence-electron chi connectivity index (χ1n) is 8.49. The highest BCUT2D eigenvalue weighted by Gasteiger charge is 2.25. The molecule has 0 fully saturated rings. The number of amides is 1. The molecule has 25 heavy (non-hydrogen) atoms. The number of carbonyl (C=O) groups excluding carboxylic acids is 2. The summed E-state index contributed by atoms with van der Waals surface area (Å²) in [6.45, 7) is 5.30. The molecule has 0 radical (unpaired) electrons. The number of rotatable bonds is 4. The van der Waals surface area contributed by atoms with Crippen LogP contribution in [-0.2, 0) is 29.4 Å². The number of anilines is 1. The summed E-state index contributed by atoms with van der Waals surface area (Å²) in [4.78, 5) is 26.1. The Morgan fingerprint density at radius 1 is 1.32 bits per heavy atom. The third kappa shape index (κ3) is 3.46. The lowest BCUT2D eigenvalue weighted by Gasteiger charge is -2.15. The number of hydrogen-bond donors (Lipinski definition) is 1. The number of aryl methyl sites for hydroxylation is 3. The number of hydrogen-bond acceptors (Lipinski definition) is 5. The molecule has 134 valence electrons. The Balaban J connectivity index is 1.67. The topological polar surface area (TPSA) is 73.2 Å². The van der Waals surface area contributed by atoms with E-state index in [0.29, 0.717) is 11.3 Å². The second-order valence-electron chi connectivity index (χ2n) is 6.46. The lowest BCUT2D eigenvalue weighted by Crippen LogP contribution is -2.30. The molecule has 0 unspecified atom stereocenters. The Bertz CT molecular complexity index is 822. The van der Waals surface area contributed by atoms with E-state index in [1.165, 1.54) is 11.3 Å². The van der Waals surface area contributed by atoms with Gasteiger partial charge in [0.1, 0.15) is 0 Å². The minimum absolute atomic E-state index is 0.350. The molecule has 2 aromatic rings.